The van der Waals surface area contributed by atoms with E-state index in [9.17, 15) is 4.79 Å². The molecule has 1 unspecified atom stereocenters. The summed E-state index contributed by atoms with van der Waals surface area (Å²) >= 11 is 1.73. The van der Waals surface area contributed by atoms with Gasteiger partial charge in [0.25, 0.3) is 0 Å². The van der Waals surface area contributed by atoms with Gasteiger partial charge in [-0.3, -0.25) is 4.79 Å². The molecule has 0 bridgehead atoms. The number of thiazole rings is 1. The second-order valence-corrected chi connectivity index (χ2v) is 8.21. The van der Waals surface area contributed by atoms with E-state index in [2.05, 4.69) is 41.6 Å². The molecule has 1 fully saturated rings. The van der Waals surface area contributed by atoms with E-state index in [1.165, 1.54) is 19.3 Å². The van der Waals surface area contributed by atoms with Crippen molar-refractivity contribution in [3.05, 3.63) is 29.6 Å². The van der Waals surface area contributed by atoms with Crippen molar-refractivity contribution in [1.82, 2.24) is 4.98 Å². The van der Waals surface area contributed by atoms with Gasteiger partial charge in [0, 0.05) is 35.6 Å². The van der Waals surface area contributed by atoms with Crippen LogP contribution in [-0.2, 0) is 4.79 Å². The number of carbonyl (C=O) groups excluding carboxylic acids is 1. The van der Waals surface area contributed by atoms with Gasteiger partial charge in [-0.2, -0.15) is 0 Å². The highest BCUT2D eigenvalue weighted by molar-refractivity contribution is 7.14. The Kier molecular flexibility index (Phi) is 7.27. The normalized spacial score (nSPS) is 15.6. The Hall–Kier alpha value is -1.88. The minimum absolute atomic E-state index is 0.107. The van der Waals surface area contributed by atoms with Gasteiger partial charge < -0.3 is 10.2 Å². The highest BCUT2D eigenvalue weighted by Gasteiger charge is 2.17. The molecule has 1 aliphatic rings. The summed E-state index contributed by atoms with van der Waals surface area (Å²) in [6, 6.07) is 8.08. The fourth-order valence-electron chi connectivity index (χ4n) is 3.57. The van der Waals surface area contributed by atoms with E-state index < -0.39 is 0 Å². The Labute approximate surface area is 167 Å². The number of aromatic nitrogens is 1. The monoisotopic (exact) mass is 385 g/mol. The maximum Gasteiger partial charge on any atom is 0.227 e. The van der Waals surface area contributed by atoms with Gasteiger partial charge in [0.05, 0.1) is 5.69 Å². The van der Waals surface area contributed by atoms with E-state index in [4.69, 9.17) is 4.98 Å². The van der Waals surface area contributed by atoms with Crippen LogP contribution in [-0.4, -0.2) is 24.0 Å². The zero-order valence-corrected chi connectivity index (χ0v) is 17.4. The third-order valence-electron chi connectivity index (χ3n) is 5.34. The van der Waals surface area contributed by atoms with Gasteiger partial charge in [-0.15, -0.1) is 11.3 Å². The van der Waals surface area contributed by atoms with E-state index >= 15 is 0 Å². The van der Waals surface area contributed by atoms with E-state index in [0.29, 0.717) is 0 Å². The summed E-state index contributed by atoms with van der Waals surface area (Å²) in [6.07, 6.45) is 7.95. The molecule has 1 aromatic carbocycles. The van der Waals surface area contributed by atoms with Gasteiger partial charge >= 0.3 is 0 Å². The number of nitrogens with one attached hydrogen (secondary N) is 1. The van der Waals surface area contributed by atoms with Crippen molar-refractivity contribution in [1.29, 1.82) is 0 Å². The van der Waals surface area contributed by atoms with Crippen LogP contribution in [0.2, 0.25) is 0 Å². The van der Waals surface area contributed by atoms with Gasteiger partial charge in [0.15, 0.2) is 5.13 Å². The van der Waals surface area contributed by atoms with Crippen LogP contribution in [0.25, 0.3) is 11.3 Å². The number of amides is 1. The van der Waals surface area contributed by atoms with Crippen LogP contribution < -0.4 is 10.2 Å². The predicted molar refractivity (Wildman–Crippen MR) is 116 cm³/mol. The lowest BCUT2D eigenvalue weighted by atomic mass is 9.98. The first-order valence-electron chi connectivity index (χ1n) is 10.3. The van der Waals surface area contributed by atoms with Crippen molar-refractivity contribution >= 4 is 28.1 Å². The van der Waals surface area contributed by atoms with Crippen molar-refractivity contribution in [2.75, 3.05) is 23.3 Å². The number of anilines is 2. The quantitative estimate of drug-likeness (QED) is 0.610. The minimum atomic E-state index is 0.107. The van der Waals surface area contributed by atoms with Crippen LogP contribution in [0.15, 0.2) is 29.6 Å². The van der Waals surface area contributed by atoms with E-state index in [-0.39, 0.29) is 11.8 Å². The summed E-state index contributed by atoms with van der Waals surface area (Å²) in [7, 11) is 0. The zero-order chi connectivity index (χ0) is 19.1. The summed E-state index contributed by atoms with van der Waals surface area (Å²) in [6.45, 7) is 6.49. The fraction of sp³-hybridized carbons (Fsp3) is 0.545. The van der Waals surface area contributed by atoms with Crippen LogP contribution in [0.5, 0.6) is 0 Å². The smallest absolute Gasteiger partial charge is 0.227 e. The summed E-state index contributed by atoms with van der Waals surface area (Å²) in [5.41, 5.74) is 2.99. The van der Waals surface area contributed by atoms with Crippen LogP contribution in [0, 0.1) is 5.92 Å². The number of carbonyl (C=O) groups is 1. The van der Waals surface area contributed by atoms with Crippen LogP contribution in [0.4, 0.5) is 10.8 Å². The van der Waals surface area contributed by atoms with E-state index in [1.807, 2.05) is 12.1 Å². The Morgan fingerprint density at radius 3 is 2.59 bits per heavy atom. The molecule has 5 heteroatoms. The maximum atomic E-state index is 12.5. The first-order chi connectivity index (χ1) is 13.2. The third-order valence-corrected chi connectivity index (χ3v) is 6.24. The highest BCUT2D eigenvalue weighted by atomic mass is 32.1. The second-order valence-electron chi connectivity index (χ2n) is 7.38. The number of unbranched alkanes of at least 4 members (excludes halogenated alkanes) is 1. The molecule has 1 aromatic heterocycles. The Morgan fingerprint density at radius 2 is 1.93 bits per heavy atom. The Balaban J connectivity index is 1.61. The highest BCUT2D eigenvalue weighted by Crippen LogP contribution is 2.30. The number of rotatable bonds is 8. The molecule has 1 saturated heterocycles. The molecule has 1 aliphatic heterocycles. The van der Waals surface area contributed by atoms with E-state index in [1.54, 1.807) is 11.3 Å². The van der Waals surface area contributed by atoms with Crippen LogP contribution >= 0.6 is 11.3 Å². The molecule has 4 nitrogen and oxygen atoms in total. The summed E-state index contributed by atoms with van der Waals surface area (Å²) in [5, 5.41) is 6.34. The van der Waals surface area contributed by atoms with Gasteiger partial charge in [-0.25, -0.2) is 4.98 Å². The maximum absolute atomic E-state index is 12.5. The average molecular weight is 386 g/mol. The van der Waals surface area contributed by atoms with Crippen molar-refractivity contribution in [2.24, 2.45) is 5.92 Å². The molecule has 27 heavy (non-hydrogen) atoms. The van der Waals surface area contributed by atoms with Crippen molar-refractivity contribution in [2.45, 2.75) is 58.8 Å². The third kappa shape index (κ3) is 5.32. The fourth-order valence-corrected chi connectivity index (χ4v) is 4.46. The van der Waals surface area contributed by atoms with Crippen molar-refractivity contribution < 1.29 is 4.79 Å². The first kappa shape index (κ1) is 19.9. The molecule has 0 aliphatic carbocycles. The topological polar surface area (TPSA) is 45.2 Å². The van der Waals surface area contributed by atoms with Crippen LogP contribution in [0.3, 0.4) is 0 Å². The standard InChI is InChI=1S/C22H31N3OS/c1-3-5-9-17(4-2)21(26)23-19-12-10-18(11-13-19)20-16-27-22(24-20)25-14-7-6-8-15-25/h10-13,16-17H,3-9,14-15H2,1-2H3,(H,23,26). The molecule has 1 atom stereocenters. The Morgan fingerprint density at radius 1 is 1.19 bits per heavy atom. The molecule has 1 N–H and O–H groups in total. The molecule has 0 radical (unpaired) electrons. The lowest BCUT2D eigenvalue weighted by Gasteiger charge is -2.25. The lowest BCUT2D eigenvalue weighted by molar-refractivity contribution is -0.120. The number of benzene rings is 1. The number of hydrogen-bond donors (Lipinski definition) is 1. The molecule has 2 heterocycles. The molecular weight excluding hydrogens is 354 g/mol. The van der Waals surface area contributed by atoms with Gasteiger partial charge in [-0.1, -0.05) is 38.8 Å². The zero-order valence-electron chi connectivity index (χ0n) is 16.5. The summed E-state index contributed by atoms with van der Waals surface area (Å²) in [5.74, 6) is 0.245. The first-order valence-corrected chi connectivity index (χ1v) is 11.2. The molecule has 3 rings (SSSR count). The van der Waals surface area contributed by atoms with Gasteiger partial charge in [-0.05, 0) is 44.2 Å². The summed E-state index contributed by atoms with van der Waals surface area (Å²) in [4.78, 5) is 19.7. The molecule has 146 valence electrons. The Bertz CT molecular complexity index is 719. The molecule has 0 saturated carbocycles. The molecular formula is C22H31N3OS. The summed E-state index contributed by atoms with van der Waals surface area (Å²) < 4.78 is 0. The van der Waals surface area contributed by atoms with Gasteiger partial charge in [0.1, 0.15) is 0 Å². The largest absolute Gasteiger partial charge is 0.348 e. The second kappa shape index (κ2) is 9.88. The average Bonchev–Trinajstić information content (AvgIpc) is 3.20. The van der Waals surface area contributed by atoms with Gasteiger partial charge in [0.2, 0.25) is 5.91 Å². The molecule has 1 amide bonds. The number of hydrogen-bond acceptors (Lipinski definition) is 4. The lowest BCUT2D eigenvalue weighted by Crippen LogP contribution is -2.29. The molecule has 2 aromatic rings. The SMILES string of the molecule is CCCCC(CC)C(=O)Nc1ccc(-c2csc(N3CCCCC3)n2)cc1. The molecule has 0 spiro atoms. The van der Waals surface area contributed by atoms with Crippen molar-refractivity contribution in [3.8, 4) is 11.3 Å². The number of nitrogens with zero attached hydrogens (tertiary/aromatic N) is 2. The van der Waals surface area contributed by atoms with Crippen molar-refractivity contribution in [3.63, 3.8) is 0 Å². The van der Waals surface area contributed by atoms with E-state index in [0.717, 1.165) is 60.8 Å². The minimum Gasteiger partial charge on any atom is -0.348 e. The van der Waals surface area contributed by atoms with Crippen LogP contribution in [0.1, 0.15) is 58.8 Å². The number of piperidine rings is 1. The predicted octanol–water partition coefficient (Wildman–Crippen LogP) is 5.96.